The Morgan fingerprint density at radius 3 is 2.36 bits per heavy atom. The van der Waals surface area contributed by atoms with Gasteiger partial charge >= 0.3 is 12.1 Å². The molecule has 1 aliphatic rings. The Morgan fingerprint density at radius 1 is 1.27 bits per heavy atom. The highest BCUT2D eigenvalue weighted by atomic mass is 19.1. The summed E-state index contributed by atoms with van der Waals surface area (Å²) < 4.78 is 18.3. The average molecular weight is 309 g/mol. The third-order valence-corrected chi connectivity index (χ3v) is 3.58. The highest BCUT2D eigenvalue weighted by Crippen LogP contribution is 2.34. The maximum absolute atomic E-state index is 13.0. The summed E-state index contributed by atoms with van der Waals surface area (Å²) in [6.45, 7) is 5.49. The number of ether oxygens (including phenoxy) is 1. The van der Waals surface area contributed by atoms with E-state index >= 15 is 0 Å². The molecule has 0 saturated carbocycles. The zero-order chi connectivity index (χ0) is 16.5. The second kappa shape index (κ2) is 5.94. The average Bonchev–Trinajstić information content (AvgIpc) is 2.82. The molecule has 1 heterocycles. The van der Waals surface area contributed by atoms with Crippen molar-refractivity contribution in [1.29, 1.82) is 0 Å². The molecule has 1 aromatic carbocycles. The molecule has 22 heavy (non-hydrogen) atoms. The number of hydrogen-bond donors (Lipinski definition) is 1. The number of halogens is 1. The van der Waals surface area contributed by atoms with E-state index in [0.29, 0.717) is 18.5 Å². The van der Waals surface area contributed by atoms with E-state index in [9.17, 15) is 19.1 Å². The van der Waals surface area contributed by atoms with Crippen LogP contribution in [0.15, 0.2) is 24.3 Å². The first kappa shape index (κ1) is 16.3. The number of carbonyl (C=O) groups excluding carboxylic acids is 1. The van der Waals surface area contributed by atoms with Gasteiger partial charge < -0.3 is 9.84 Å². The predicted molar refractivity (Wildman–Crippen MR) is 78.1 cm³/mol. The first-order chi connectivity index (χ1) is 10.2. The van der Waals surface area contributed by atoms with E-state index in [0.717, 1.165) is 0 Å². The van der Waals surface area contributed by atoms with Gasteiger partial charge in [-0.1, -0.05) is 12.1 Å². The molecule has 0 aliphatic carbocycles. The molecule has 0 bridgehead atoms. The maximum Gasteiger partial charge on any atom is 0.411 e. The summed E-state index contributed by atoms with van der Waals surface area (Å²) in [6, 6.07) is 4.72. The molecule has 1 aliphatic heterocycles. The van der Waals surface area contributed by atoms with Gasteiger partial charge in [0.2, 0.25) is 0 Å². The molecule has 1 fully saturated rings. The van der Waals surface area contributed by atoms with E-state index in [1.165, 1.54) is 17.0 Å². The Morgan fingerprint density at radius 2 is 1.86 bits per heavy atom. The quantitative estimate of drug-likeness (QED) is 0.912. The van der Waals surface area contributed by atoms with Crippen LogP contribution in [0.25, 0.3) is 0 Å². The highest BCUT2D eigenvalue weighted by Gasteiger charge is 2.44. The summed E-state index contributed by atoms with van der Waals surface area (Å²) in [6.07, 6.45) is -0.133. The van der Waals surface area contributed by atoms with Crippen molar-refractivity contribution in [3.05, 3.63) is 35.6 Å². The smallest absolute Gasteiger partial charge is 0.411 e. The van der Waals surface area contributed by atoms with Crippen molar-refractivity contribution in [1.82, 2.24) is 4.90 Å². The fourth-order valence-corrected chi connectivity index (χ4v) is 2.68. The van der Waals surface area contributed by atoms with Crippen molar-refractivity contribution in [2.75, 3.05) is 6.54 Å². The van der Waals surface area contributed by atoms with Gasteiger partial charge in [0.15, 0.2) is 0 Å². The molecular formula is C16H20FNO4. The Kier molecular flexibility index (Phi) is 4.39. The van der Waals surface area contributed by atoms with Crippen molar-refractivity contribution in [3.63, 3.8) is 0 Å². The first-order valence-electron chi connectivity index (χ1n) is 7.17. The number of carboxylic acid groups (broad SMARTS) is 1. The van der Waals surface area contributed by atoms with Crippen LogP contribution in [0.5, 0.6) is 0 Å². The second-order valence-corrected chi connectivity index (χ2v) is 6.40. The first-order valence-corrected chi connectivity index (χ1v) is 7.17. The van der Waals surface area contributed by atoms with E-state index in [4.69, 9.17) is 4.74 Å². The van der Waals surface area contributed by atoms with Crippen LogP contribution in [-0.4, -0.2) is 40.3 Å². The summed E-state index contributed by atoms with van der Waals surface area (Å²) in [7, 11) is 0. The molecule has 0 spiro atoms. The molecule has 1 N–H and O–H groups in total. The summed E-state index contributed by atoms with van der Waals surface area (Å²) in [5, 5.41) is 9.49. The number of likely N-dealkylation sites (tertiary alicyclic amines) is 1. The van der Waals surface area contributed by atoms with Gasteiger partial charge in [-0.15, -0.1) is 0 Å². The SMILES string of the molecule is CC(C)(C)OC(=O)N1CCC(c2ccc(F)cc2)C1C(=O)O. The molecule has 0 radical (unpaired) electrons. The number of rotatable bonds is 2. The number of carboxylic acids is 1. The number of aliphatic carboxylic acids is 1. The maximum atomic E-state index is 13.0. The van der Waals surface area contributed by atoms with Crippen LogP contribution in [0.1, 0.15) is 38.7 Å². The third-order valence-electron chi connectivity index (χ3n) is 3.58. The Labute approximate surface area is 128 Å². The second-order valence-electron chi connectivity index (χ2n) is 6.40. The lowest BCUT2D eigenvalue weighted by Gasteiger charge is -2.28. The van der Waals surface area contributed by atoms with Crippen LogP contribution in [0.3, 0.4) is 0 Å². The summed E-state index contributed by atoms with van der Waals surface area (Å²) in [5.41, 5.74) is 0.0218. The lowest BCUT2D eigenvalue weighted by Crippen LogP contribution is -2.45. The van der Waals surface area contributed by atoms with Crippen LogP contribution in [0, 0.1) is 5.82 Å². The molecule has 6 heteroatoms. The van der Waals surface area contributed by atoms with Gasteiger partial charge in [0.25, 0.3) is 0 Å². The molecular weight excluding hydrogens is 289 g/mol. The minimum Gasteiger partial charge on any atom is -0.480 e. The van der Waals surface area contributed by atoms with Crippen LogP contribution < -0.4 is 0 Å². The van der Waals surface area contributed by atoms with Crippen molar-refractivity contribution >= 4 is 12.1 Å². The monoisotopic (exact) mass is 309 g/mol. The minimum atomic E-state index is -1.09. The number of nitrogens with zero attached hydrogens (tertiary/aromatic N) is 1. The summed E-state index contributed by atoms with van der Waals surface area (Å²) >= 11 is 0. The van der Waals surface area contributed by atoms with E-state index in [2.05, 4.69) is 0 Å². The zero-order valence-electron chi connectivity index (χ0n) is 12.9. The Balaban J connectivity index is 2.23. The van der Waals surface area contributed by atoms with Gasteiger partial charge in [0, 0.05) is 12.5 Å². The van der Waals surface area contributed by atoms with Crippen molar-refractivity contribution in [3.8, 4) is 0 Å². The molecule has 1 saturated heterocycles. The van der Waals surface area contributed by atoms with Gasteiger partial charge in [0.1, 0.15) is 17.5 Å². The highest BCUT2D eigenvalue weighted by molar-refractivity contribution is 5.82. The molecule has 1 amide bonds. The number of hydrogen-bond acceptors (Lipinski definition) is 3. The molecule has 0 aromatic heterocycles. The molecule has 120 valence electrons. The van der Waals surface area contributed by atoms with E-state index in [1.807, 2.05) is 0 Å². The molecule has 2 atom stereocenters. The summed E-state index contributed by atoms with van der Waals surface area (Å²) in [5.74, 6) is -1.83. The van der Waals surface area contributed by atoms with E-state index in [1.54, 1.807) is 32.9 Å². The lowest BCUT2D eigenvalue weighted by atomic mass is 9.92. The summed E-state index contributed by atoms with van der Waals surface area (Å²) in [4.78, 5) is 25.0. The fraction of sp³-hybridized carbons (Fsp3) is 0.500. The van der Waals surface area contributed by atoms with Crippen molar-refractivity contribution in [2.24, 2.45) is 0 Å². The van der Waals surface area contributed by atoms with E-state index in [-0.39, 0.29) is 11.7 Å². The Hall–Kier alpha value is -2.11. The third kappa shape index (κ3) is 3.55. The van der Waals surface area contributed by atoms with Gasteiger partial charge in [-0.2, -0.15) is 0 Å². The Bertz CT molecular complexity index is 565. The van der Waals surface area contributed by atoms with Gasteiger partial charge in [-0.25, -0.2) is 14.0 Å². The van der Waals surface area contributed by atoms with Crippen molar-refractivity contribution in [2.45, 2.75) is 44.8 Å². The molecule has 1 aromatic rings. The van der Waals surface area contributed by atoms with Crippen LogP contribution in [-0.2, 0) is 9.53 Å². The minimum absolute atomic E-state index is 0.300. The molecule has 2 rings (SSSR count). The fourth-order valence-electron chi connectivity index (χ4n) is 2.68. The number of amides is 1. The van der Waals surface area contributed by atoms with Crippen LogP contribution >= 0.6 is 0 Å². The largest absolute Gasteiger partial charge is 0.480 e. The predicted octanol–water partition coefficient (Wildman–Crippen LogP) is 3.00. The van der Waals surface area contributed by atoms with Gasteiger partial charge in [0.05, 0.1) is 0 Å². The topological polar surface area (TPSA) is 66.8 Å². The van der Waals surface area contributed by atoms with E-state index < -0.39 is 23.7 Å². The number of carbonyl (C=O) groups is 2. The zero-order valence-corrected chi connectivity index (χ0v) is 12.9. The lowest BCUT2D eigenvalue weighted by molar-refractivity contribution is -0.142. The van der Waals surface area contributed by atoms with Gasteiger partial charge in [-0.3, -0.25) is 4.90 Å². The molecule has 5 nitrogen and oxygen atoms in total. The van der Waals surface area contributed by atoms with Crippen molar-refractivity contribution < 1.29 is 23.8 Å². The standard InChI is InChI=1S/C16H20FNO4/c1-16(2,3)22-15(21)18-9-8-12(13(18)14(19)20)10-4-6-11(17)7-5-10/h4-7,12-13H,8-9H2,1-3H3,(H,19,20). The molecule has 2 unspecified atom stereocenters. The van der Waals surface area contributed by atoms with Crippen LogP contribution in [0.4, 0.5) is 9.18 Å². The number of benzene rings is 1. The normalized spacial score (nSPS) is 21.7. The van der Waals surface area contributed by atoms with Gasteiger partial charge in [-0.05, 0) is 44.9 Å². The van der Waals surface area contributed by atoms with Crippen LogP contribution in [0.2, 0.25) is 0 Å².